The van der Waals surface area contributed by atoms with Crippen LogP contribution in [0, 0.1) is 11.8 Å². The number of hydrogen-bond donors (Lipinski definition) is 1. The summed E-state index contributed by atoms with van der Waals surface area (Å²) in [4.78, 5) is 0. The van der Waals surface area contributed by atoms with Crippen LogP contribution in [0.2, 0.25) is 0 Å². The Morgan fingerprint density at radius 1 is 1.61 bits per heavy atom. The SMILES string of the molecule is CNCC(Cc1cn(C)nn1)C1CCS(=O)(=O)C1. The summed E-state index contributed by atoms with van der Waals surface area (Å²) in [5.74, 6) is 1.20. The Morgan fingerprint density at radius 2 is 2.39 bits per heavy atom. The molecule has 1 aromatic heterocycles. The Bertz CT molecular complexity index is 497. The van der Waals surface area contributed by atoms with Crippen molar-refractivity contribution in [3.05, 3.63) is 11.9 Å². The summed E-state index contributed by atoms with van der Waals surface area (Å²) in [6.07, 6.45) is 3.45. The number of rotatable bonds is 5. The van der Waals surface area contributed by atoms with Gasteiger partial charge in [0.15, 0.2) is 9.84 Å². The lowest BCUT2D eigenvalue weighted by atomic mass is 9.88. The Kier molecular flexibility index (Phi) is 4.01. The van der Waals surface area contributed by atoms with Gasteiger partial charge >= 0.3 is 0 Å². The second-order valence-electron chi connectivity index (χ2n) is 5.07. The van der Waals surface area contributed by atoms with Gasteiger partial charge in [-0.1, -0.05) is 5.21 Å². The molecule has 0 bridgehead atoms. The maximum Gasteiger partial charge on any atom is 0.150 e. The second kappa shape index (κ2) is 5.36. The van der Waals surface area contributed by atoms with E-state index in [1.807, 2.05) is 20.3 Å². The number of hydrogen-bond acceptors (Lipinski definition) is 5. The maximum atomic E-state index is 11.6. The molecule has 0 aromatic carbocycles. The first-order valence-corrected chi connectivity index (χ1v) is 8.02. The fraction of sp³-hybridized carbons (Fsp3) is 0.818. The first kappa shape index (κ1) is 13.5. The smallest absolute Gasteiger partial charge is 0.150 e. The van der Waals surface area contributed by atoms with Gasteiger partial charge in [-0.05, 0) is 38.3 Å². The molecule has 1 fully saturated rings. The van der Waals surface area contributed by atoms with Crippen LogP contribution in [0.25, 0.3) is 0 Å². The van der Waals surface area contributed by atoms with Crippen LogP contribution in [0.1, 0.15) is 12.1 Å². The molecule has 1 aliphatic heterocycles. The van der Waals surface area contributed by atoms with E-state index in [2.05, 4.69) is 15.6 Å². The zero-order valence-corrected chi connectivity index (χ0v) is 11.7. The molecular weight excluding hydrogens is 252 g/mol. The molecule has 2 rings (SSSR count). The molecule has 0 saturated carbocycles. The molecule has 18 heavy (non-hydrogen) atoms. The lowest BCUT2D eigenvalue weighted by molar-refractivity contribution is 0.349. The van der Waals surface area contributed by atoms with Crippen molar-refractivity contribution >= 4 is 9.84 Å². The first-order chi connectivity index (χ1) is 8.50. The molecule has 0 amide bonds. The van der Waals surface area contributed by atoms with Gasteiger partial charge in [0.05, 0.1) is 17.2 Å². The van der Waals surface area contributed by atoms with Gasteiger partial charge in [0, 0.05) is 13.2 Å². The standard InChI is InChI=1S/C11H20N4O2S/c1-12-6-10(5-11-7-15(2)14-13-11)9-3-4-18(16,17)8-9/h7,9-10,12H,3-6,8H2,1-2H3. The van der Waals surface area contributed by atoms with Crippen molar-refractivity contribution in [3.8, 4) is 0 Å². The monoisotopic (exact) mass is 272 g/mol. The average molecular weight is 272 g/mol. The number of aromatic nitrogens is 3. The predicted octanol–water partition coefficient (Wildman–Crippen LogP) is -0.372. The molecule has 1 aliphatic rings. The molecule has 0 radical (unpaired) electrons. The summed E-state index contributed by atoms with van der Waals surface area (Å²) >= 11 is 0. The van der Waals surface area contributed by atoms with E-state index >= 15 is 0 Å². The largest absolute Gasteiger partial charge is 0.319 e. The van der Waals surface area contributed by atoms with E-state index < -0.39 is 9.84 Å². The molecule has 1 N–H and O–H groups in total. The summed E-state index contributed by atoms with van der Waals surface area (Å²) in [6, 6.07) is 0. The quantitative estimate of drug-likeness (QED) is 0.791. The van der Waals surface area contributed by atoms with Gasteiger partial charge in [-0.15, -0.1) is 5.10 Å². The molecule has 2 unspecified atom stereocenters. The van der Waals surface area contributed by atoms with E-state index in [0.29, 0.717) is 17.4 Å². The van der Waals surface area contributed by atoms with Gasteiger partial charge < -0.3 is 5.32 Å². The maximum absolute atomic E-state index is 11.6. The molecule has 102 valence electrons. The van der Waals surface area contributed by atoms with Gasteiger partial charge in [0.2, 0.25) is 0 Å². The summed E-state index contributed by atoms with van der Waals surface area (Å²) in [7, 11) is 0.918. The minimum absolute atomic E-state index is 0.240. The zero-order valence-electron chi connectivity index (χ0n) is 10.8. The van der Waals surface area contributed by atoms with E-state index in [0.717, 1.165) is 25.1 Å². The van der Waals surface area contributed by atoms with E-state index in [-0.39, 0.29) is 5.92 Å². The summed E-state index contributed by atoms with van der Waals surface area (Å²) in [6.45, 7) is 0.816. The van der Waals surface area contributed by atoms with Crippen LogP contribution >= 0.6 is 0 Å². The van der Waals surface area contributed by atoms with Crippen LogP contribution in [-0.4, -0.2) is 48.5 Å². The van der Waals surface area contributed by atoms with Gasteiger partial charge in [0.1, 0.15) is 0 Å². The first-order valence-electron chi connectivity index (χ1n) is 6.20. The number of nitrogens with zero attached hydrogens (tertiary/aromatic N) is 3. The molecule has 2 atom stereocenters. The molecular formula is C11H20N4O2S. The Hall–Kier alpha value is -0.950. The highest BCUT2D eigenvalue weighted by Crippen LogP contribution is 2.27. The molecule has 1 aromatic rings. The number of sulfone groups is 1. The Labute approximate surface area is 108 Å². The molecule has 7 heteroatoms. The zero-order chi connectivity index (χ0) is 13.2. The van der Waals surface area contributed by atoms with Gasteiger partial charge in [-0.25, -0.2) is 8.42 Å². The minimum atomic E-state index is -2.81. The molecule has 0 aliphatic carbocycles. The van der Waals surface area contributed by atoms with Gasteiger partial charge in [-0.2, -0.15) is 0 Å². The fourth-order valence-electron chi connectivity index (χ4n) is 2.62. The Morgan fingerprint density at radius 3 is 2.89 bits per heavy atom. The highest BCUT2D eigenvalue weighted by atomic mass is 32.2. The molecule has 0 spiro atoms. The van der Waals surface area contributed by atoms with Crippen LogP contribution in [0.3, 0.4) is 0 Å². The third-order valence-corrected chi connectivity index (χ3v) is 5.32. The van der Waals surface area contributed by atoms with Crippen LogP contribution in [0.4, 0.5) is 0 Å². The molecule has 1 saturated heterocycles. The summed E-state index contributed by atoms with van der Waals surface area (Å²) in [5, 5.41) is 11.1. The van der Waals surface area contributed by atoms with Crippen molar-refractivity contribution in [1.29, 1.82) is 0 Å². The molecule has 2 heterocycles. The average Bonchev–Trinajstić information content (AvgIpc) is 2.84. The van der Waals surface area contributed by atoms with Crippen LogP contribution < -0.4 is 5.32 Å². The van der Waals surface area contributed by atoms with Crippen LogP contribution in [0.5, 0.6) is 0 Å². The van der Waals surface area contributed by atoms with E-state index in [9.17, 15) is 8.42 Å². The van der Waals surface area contributed by atoms with Crippen molar-refractivity contribution in [2.45, 2.75) is 12.8 Å². The van der Waals surface area contributed by atoms with Gasteiger partial charge in [0.25, 0.3) is 0 Å². The van der Waals surface area contributed by atoms with Crippen LogP contribution in [-0.2, 0) is 23.3 Å². The summed E-state index contributed by atoms with van der Waals surface area (Å²) in [5.41, 5.74) is 0.932. The second-order valence-corrected chi connectivity index (χ2v) is 7.30. The minimum Gasteiger partial charge on any atom is -0.319 e. The topological polar surface area (TPSA) is 76.9 Å². The van der Waals surface area contributed by atoms with Crippen LogP contribution in [0.15, 0.2) is 6.20 Å². The van der Waals surface area contributed by atoms with E-state index in [1.54, 1.807) is 4.68 Å². The lowest BCUT2D eigenvalue weighted by Crippen LogP contribution is -2.28. The van der Waals surface area contributed by atoms with Gasteiger partial charge in [-0.3, -0.25) is 4.68 Å². The predicted molar refractivity (Wildman–Crippen MR) is 68.9 cm³/mol. The van der Waals surface area contributed by atoms with Crippen molar-refractivity contribution in [3.63, 3.8) is 0 Å². The van der Waals surface area contributed by atoms with Crippen molar-refractivity contribution < 1.29 is 8.42 Å². The normalized spacial score (nSPS) is 24.2. The van der Waals surface area contributed by atoms with Crippen molar-refractivity contribution in [2.24, 2.45) is 18.9 Å². The molecule has 6 nitrogen and oxygen atoms in total. The van der Waals surface area contributed by atoms with Crippen molar-refractivity contribution in [2.75, 3.05) is 25.1 Å². The van der Waals surface area contributed by atoms with Crippen molar-refractivity contribution in [1.82, 2.24) is 20.3 Å². The van der Waals surface area contributed by atoms with E-state index in [4.69, 9.17) is 0 Å². The summed E-state index contributed by atoms with van der Waals surface area (Å²) < 4.78 is 24.8. The Balaban J connectivity index is 2.04. The fourth-order valence-corrected chi connectivity index (χ4v) is 4.54. The number of aryl methyl sites for hydroxylation is 1. The van der Waals surface area contributed by atoms with E-state index in [1.165, 1.54) is 0 Å². The third-order valence-electron chi connectivity index (χ3n) is 3.52. The highest BCUT2D eigenvalue weighted by Gasteiger charge is 2.33. The third kappa shape index (κ3) is 3.29. The lowest BCUT2D eigenvalue weighted by Gasteiger charge is -2.21. The number of nitrogens with one attached hydrogen (secondary N) is 1. The highest BCUT2D eigenvalue weighted by molar-refractivity contribution is 7.91.